The van der Waals surface area contributed by atoms with E-state index in [0.29, 0.717) is 0 Å². The van der Waals surface area contributed by atoms with Gasteiger partial charge < -0.3 is 9.05 Å². The Hall–Kier alpha value is -0.400. The average molecular weight is 178 g/mol. The lowest BCUT2D eigenvalue weighted by atomic mass is 10.9. The molecule has 0 saturated heterocycles. The maximum Gasteiger partial charge on any atom is 0.365 e. The second-order valence-corrected chi connectivity index (χ2v) is 3.48. The fraction of sp³-hybridized carbons (Fsp3) is 0.667. The fourth-order valence-corrected chi connectivity index (χ4v) is 1.61. The van der Waals surface area contributed by atoms with Crippen molar-refractivity contribution in [1.29, 1.82) is 0 Å². The van der Waals surface area contributed by atoms with Gasteiger partial charge in [-0.3, -0.25) is 4.57 Å². The Labute approximate surface area is 65.7 Å². The Morgan fingerprint density at radius 3 is 2.09 bits per heavy atom. The van der Waals surface area contributed by atoms with E-state index in [1.807, 2.05) is 0 Å². The van der Waals surface area contributed by atoms with Crippen LogP contribution in [0.4, 0.5) is 0 Å². The van der Waals surface area contributed by atoms with E-state index in [1.54, 1.807) is 13.8 Å². The minimum Gasteiger partial charge on any atom is -0.305 e. The lowest BCUT2D eigenvalue weighted by Gasteiger charge is -2.10. The van der Waals surface area contributed by atoms with Crippen LogP contribution in [0.25, 0.3) is 0 Å². The molecule has 0 aromatic heterocycles. The average Bonchev–Trinajstić information content (AvgIpc) is 1.88. The molecule has 0 aromatic rings. The molecule has 11 heavy (non-hydrogen) atoms. The first-order chi connectivity index (χ1) is 5.18. The summed E-state index contributed by atoms with van der Waals surface area (Å²) in [4.78, 5) is 9.86. The molecule has 0 amide bonds. The highest BCUT2D eigenvalue weighted by molar-refractivity contribution is 7.57. The van der Waals surface area contributed by atoms with Gasteiger partial charge in [-0.15, -0.1) is 0 Å². The van der Waals surface area contributed by atoms with Crippen LogP contribution in [0.5, 0.6) is 0 Å². The summed E-state index contributed by atoms with van der Waals surface area (Å²) in [5, 5.41) is 0. The lowest BCUT2D eigenvalue weighted by Crippen LogP contribution is -1.92. The van der Waals surface area contributed by atoms with Crippen LogP contribution in [0.15, 0.2) is 5.82 Å². The molecule has 0 N–H and O–H groups in total. The molecular formula is C6H11O4P. The first-order valence-corrected chi connectivity index (χ1v) is 4.90. The quantitative estimate of drug-likeness (QED) is 0.474. The Bertz CT molecular complexity index is 185. The van der Waals surface area contributed by atoms with Gasteiger partial charge in [-0.05, 0) is 13.8 Å². The predicted molar refractivity (Wildman–Crippen MR) is 41.1 cm³/mol. The van der Waals surface area contributed by atoms with E-state index in [4.69, 9.17) is 9.05 Å². The predicted octanol–water partition coefficient (Wildman–Crippen LogP) is 1.60. The summed E-state index contributed by atoms with van der Waals surface area (Å²) in [6.07, 6.45) is 0. The van der Waals surface area contributed by atoms with Crippen LogP contribution in [0, 0.1) is 0 Å². The van der Waals surface area contributed by atoms with Gasteiger partial charge >= 0.3 is 7.60 Å². The van der Waals surface area contributed by atoms with Crippen LogP contribution in [-0.4, -0.2) is 19.2 Å². The molecule has 0 fully saturated rings. The van der Waals surface area contributed by atoms with Gasteiger partial charge in [0, 0.05) is 0 Å². The minimum atomic E-state index is -3.27. The van der Waals surface area contributed by atoms with Crippen LogP contribution in [0.2, 0.25) is 0 Å². The summed E-state index contributed by atoms with van der Waals surface area (Å²) in [6, 6.07) is 0. The van der Waals surface area contributed by atoms with E-state index in [9.17, 15) is 9.36 Å². The van der Waals surface area contributed by atoms with Crippen molar-refractivity contribution in [3.8, 4) is 0 Å². The zero-order valence-corrected chi connectivity index (χ0v) is 7.47. The topological polar surface area (TPSA) is 52.6 Å². The zero-order chi connectivity index (χ0) is 8.74. The smallest absolute Gasteiger partial charge is 0.305 e. The maximum absolute atomic E-state index is 11.3. The van der Waals surface area contributed by atoms with Crippen LogP contribution < -0.4 is 0 Å². The molecule has 0 heterocycles. The summed E-state index contributed by atoms with van der Waals surface area (Å²) < 4.78 is 20.7. The highest BCUT2D eigenvalue weighted by Crippen LogP contribution is 2.48. The number of hydrogen-bond acceptors (Lipinski definition) is 4. The van der Waals surface area contributed by atoms with Crippen LogP contribution in [-0.2, 0) is 18.4 Å². The molecular weight excluding hydrogens is 167 g/mol. The van der Waals surface area contributed by atoms with Crippen molar-refractivity contribution in [1.82, 2.24) is 0 Å². The zero-order valence-electron chi connectivity index (χ0n) is 6.57. The summed E-state index contributed by atoms with van der Waals surface area (Å²) in [6.45, 7) is 3.83. The fourth-order valence-electron chi connectivity index (χ4n) is 0.536. The molecule has 0 aliphatic heterocycles. The second-order valence-electron chi connectivity index (χ2n) is 1.62. The van der Waals surface area contributed by atoms with Gasteiger partial charge in [0.15, 0.2) is 0 Å². The molecule has 0 saturated carbocycles. The first-order valence-electron chi connectivity index (χ1n) is 3.29. The third-order valence-electron chi connectivity index (χ3n) is 0.829. The van der Waals surface area contributed by atoms with Gasteiger partial charge in [0.05, 0.1) is 13.2 Å². The third-order valence-corrected chi connectivity index (χ3v) is 2.49. The minimum absolute atomic E-state index is 0.245. The van der Waals surface area contributed by atoms with Crippen molar-refractivity contribution in [3.05, 3.63) is 5.82 Å². The van der Waals surface area contributed by atoms with Crippen molar-refractivity contribution in [2.75, 3.05) is 13.2 Å². The van der Waals surface area contributed by atoms with Crippen molar-refractivity contribution < 1.29 is 18.4 Å². The van der Waals surface area contributed by atoms with Crippen LogP contribution in [0.3, 0.4) is 0 Å². The number of hydrogen-bond donors (Lipinski definition) is 0. The second kappa shape index (κ2) is 5.28. The van der Waals surface area contributed by atoms with Gasteiger partial charge in [0.1, 0.15) is 11.8 Å². The van der Waals surface area contributed by atoms with Crippen molar-refractivity contribution in [2.45, 2.75) is 13.8 Å². The highest BCUT2D eigenvalue weighted by Gasteiger charge is 2.19. The number of rotatable bonds is 5. The van der Waals surface area contributed by atoms with Crippen LogP contribution >= 0.6 is 7.60 Å². The molecule has 64 valence electrons. The van der Waals surface area contributed by atoms with E-state index in [2.05, 4.69) is 0 Å². The molecule has 0 radical (unpaired) electrons. The van der Waals surface area contributed by atoms with Crippen LogP contribution in [0.1, 0.15) is 13.8 Å². The molecule has 0 aliphatic rings. The molecule has 0 aliphatic carbocycles. The Balaban J connectivity index is 4.25. The molecule has 0 aromatic carbocycles. The van der Waals surface area contributed by atoms with E-state index < -0.39 is 7.60 Å². The van der Waals surface area contributed by atoms with Crippen molar-refractivity contribution >= 4 is 13.5 Å². The van der Waals surface area contributed by atoms with Crippen molar-refractivity contribution in [2.24, 2.45) is 0 Å². The molecule has 0 bridgehead atoms. The van der Waals surface area contributed by atoms with E-state index in [-0.39, 0.29) is 13.2 Å². The van der Waals surface area contributed by atoms with Gasteiger partial charge in [-0.1, -0.05) is 0 Å². The standard InChI is InChI=1S/C6H11O4P/c1-3-9-11(8,6-5-7)10-4-2/h6H,3-4H2,1-2H3. The molecule has 0 spiro atoms. The highest BCUT2D eigenvalue weighted by atomic mass is 31.2. The lowest BCUT2D eigenvalue weighted by molar-refractivity contribution is 0.229. The summed E-state index contributed by atoms with van der Waals surface area (Å²) in [5.74, 6) is 2.18. The van der Waals surface area contributed by atoms with Gasteiger partial charge in [0.2, 0.25) is 0 Å². The Morgan fingerprint density at radius 2 is 1.82 bits per heavy atom. The molecule has 5 heteroatoms. The monoisotopic (exact) mass is 178 g/mol. The normalized spacial score (nSPS) is 10.7. The van der Waals surface area contributed by atoms with E-state index >= 15 is 0 Å². The van der Waals surface area contributed by atoms with Gasteiger partial charge in [0.25, 0.3) is 0 Å². The third kappa shape index (κ3) is 4.12. The summed E-state index contributed by atoms with van der Waals surface area (Å²) in [7, 11) is -3.27. The van der Waals surface area contributed by atoms with Crippen molar-refractivity contribution in [3.63, 3.8) is 0 Å². The number of carbonyl (C=O) groups excluding carboxylic acids is 1. The summed E-state index contributed by atoms with van der Waals surface area (Å²) in [5.41, 5.74) is 0. The molecule has 0 rings (SSSR count). The van der Waals surface area contributed by atoms with Gasteiger partial charge in [-0.25, -0.2) is 4.79 Å². The summed E-state index contributed by atoms with van der Waals surface area (Å²) >= 11 is 0. The maximum atomic E-state index is 11.3. The van der Waals surface area contributed by atoms with E-state index in [1.165, 1.54) is 5.94 Å². The van der Waals surface area contributed by atoms with Gasteiger partial charge in [-0.2, -0.15) is 0 Å². The molecule has 0 unspecified atom stereocenters. The van der Waals surface area contributed by atoms with E-state index in [0.717, 1.165) is 5.82 Å². The Morgan fingerprint density at radius 1 is 1.36 bits per heavy atom. The largest absolute Gasteiger partial charge is 0.365 e. The Kier molecular flexibility index (Phi) is 5.08. The molecule has 0 atom stereocenters. The molecule has 4 nitrogen and oxygen atoms in total. The first kappa shape index (κ1) is 10.6. The SMILES string of the molecule is CCOP(=O)(C=C=O)OCC.